The largest absolute Gasteiger partial charge is 0.445 e. The number of hydrogen-bond acceptors (Lipinski definition) is 4. The Labute approximate surface area is 122 Å². The number of aliphatic hydroxyl groups is 1. The van der Waals surface area contributed by atoms with Crippen molar-refractivity contribution >= 4 is 6.09 Å². The summed E-state index contributed by atoms with van der Waals surface area (Å²) in [5, 5.41) is 16.0. The summed E-state index contributed by atoms with van der Waals surface area (Å²) in [6.45, 7) is 0.210. The Morgan fingerprint density at radius 1 is 1.43 bits per heavy atom. The maximum Gasteiger partial charge on any atom is 0.407 e. The van der Waals surface area contributed by atoms with Gasteiger partial charge in [0.1, 0.15) is 6.61 Å². The second kappa shape index (κ2) is 7.52. The molecule has 1 aromatic carbocycles. The Kier molecular flexibility index (Phi) is 5.43. The van der Waals surface area contributed by atoms with E-state index in [9.17, 15) is 9.90 Å². The molecule has 1 aromatic rings. The number of amides is 1. The molecule has 0 radical (unpaired) electrons. The van der Waals surface area contributed by atoms with Crippen LogP contribution in [0.3, 0.4) is 0 Å². The maximum absolute atomic E-state index is 11.7. The molecule has 1 amide bonds. The highest BCUT2D eigenvalue weighted by Crippen LogP contribution is 2.22. The zero-order valence-electron chi connectivity index (χ0n) is 11.6. The van der Waals surface area contributed by atoms with Crippen LogP contribution >= 0.6 is 0 Å². The number of hydrogen-bond donors (Lipinski definition) is 2. The summed E-state index contributed by atoms with van der Waals surface area (Å²) in [5.41, 5.74) is 9.37. The standard InChI is InChI=1S/C14H18N4O3/c15-18-17-12-8-11(6-7-13(12)19)16-14(20)21-9-10-4-2-1-3-5-10/h1-5,11-13,19H,6-9H2,(H,16,20)/t11-,12+,13+/m0/s1. The van der Waals surface area contributed by atoms with E-state index in [1.54, 1.807) is 0 Å². The summed E-state index contributed by atoms with van der Waals surface area (Å²) in [5.74, 6) is 0. The van der Waals surface area contributed by atoms with E-state index < -0.39 is 18.2 Å². The van der Waals surface area contributed by atoms with Gasteiger partial charge in [0, 0.05) is 11.0 Å². The van der Waals surface area contributed by atoms with Gasteiger partial charge in [-0.05, 0) is 30.4 Å². The smallest absolute Gasteiger partial charge is 0.407 e. The molecule has 0 spiro atoms. The van der Waals surface area contributed by atoms with Gasteiger partial charge >= 0.3 is 6.09 Å². The molecule has 112 valence electrons. The Balaban J connectivity index is 1.78. The van der Waals surface area contributed by atoms with Gasteiger partial charge in [-0.2, -0.15) is 0 Å². The second-order valence-electron chi connectivity index (χ2n) is 5.06. The fourth-order valence-electron chi connectivity index (χ4n) is 2.38. The van der Waals surface area contributed by atoms with Gasteiger partial charge in [0.25, 0.3) is 0 Å². The first-order valence-corrected chi connectivity index (χ1v) is 6.88. The molecule has 0 unspecified atom stereocenters. The molecule has 7 nitrogen and oxygen atoms in total. The van der Waals surface area contributed by atoms with E-state index in [0.717, 1.165) is 5.56 Å². The van der Waals surface area contributed by atoms with Gasteiger partial charge < -0.3 is 15.2 Å². The molecule has 3 atom stereocenters. The molecule has 7 heteroatoms. The molecule has 0 aromatic heterocycles. The van der Waals surface area contributed by atoms with E-state index in [4.69, 9.17) is 10.3 Å². The van der Waals surface area contributed by atoms with E-state index in [1.807, 2.05) is 30.3 Å². The molecular weight excluding hydrogens is 272 g/mol. The summed E-state index contributed by atoms with van der Waals surface area (Å²) >= 11 is 0. The third kappa shape index (κ3) is 4.66. The molecular formula is C14H18N4O3. The molecule has 0 heterocycles. The van der Waals surface area contributed by atoms with Crippen molar-refractivity contribution in [1.29, 1.82) is 0 Å². The van der Waals surface area contributed by atoms with Gasteiger partial charge in [-0.1, -0.05) is 35.4 Å². The molecule has 0 bridgehead atoms. The number of carbonyl (C=O) groups is 1. The highest BCUT2D eigenvalue weighted by molar-refractivity contribution is 5.67. The molecule has 1 fully saturated rings. The van der Waals surface area contributed by atoms with Crippen molar-refractivity contribution in [1.82, 2.24) is 5.32 Å². The van der Waals surface area contributed by atoms with E-state index in [0.29, 0.717) is 19.3 Å². The monoisotopic (exact) mass is 290 g/mol. The lowest BCUT2D eigenvalue weighted by Gasteiger charge is -2.30. The van der Waals surface area contributed by atoms with Crippen LogP contribution in [0.4, 0.5) is 4.79 Å². The normalized spacial score (nSPS) is 24.7. The number of nitrogens with zero attached hydrogens (tertiary/aromatic N) is 3. The summed E-state index contributed by atoms with van der Waals surface area (Å²) in [7, 11) is 0. The lowest BCUT2D eigenvalue weighted by molar-refractivity contribution is 0.0882. The van der Waals surface area contributed by atoms with Crippen LogP contribution in [0.25, 0.3) is 10.4 Å². The fourth-order valence-corrected chi connectivity index (χ4v) is 2.38. The minimum absolute atomic E-state index is 0.146. The SMILES string of the molecule is [N-]=[N+]=N[C@@H]1C[C@@H](NC(=O)OCc2ccccc2)CC[C@H]1O. The van der Waals surface area contributed by atoms with Crippen molar-refractivity contribution in [3.8, 4) is 0 Å². The molecule has 0 aliphatic heterocycles. The van der Waals surface area contributed by atoms with Crippen LogP contribution in [0.2, 0.25) is 0 Å². The topological polar surface area (TPSA) is 107 Å². The Hall–Kier alpha value is -2.24. The van der Waals surface area contributed by atoms with Gasteiger partial charge in [-0.3, -0.25) is 0 Å². The van der Waals surface area contributed by atoms with Crippen molar-refractivity contribution in [3.63, 3.8) is 0 Å². The number of rotatable bonds is 4. The van der Waals surface area contributed by atoms with Crippen molar-refractivity contribution in [2.24, 2.45) is 5.11 Å². The number of ether oxygens (including phenoxy) is 1. The fraction of sp³-hybridized carbons (Fsp3) is 0.500. The van der Waals surface area contributed by atoms with Gasteiger partial charge in [0.05, 0.1) is 12.1 Å². The number of carbonyl (C=O) groups excluding carboxylic acids is 1. The van der Waals surface area contributed by atoms with Crippen molar-refractivity contribution in [2.75, 3.05) is 0 Å². The Bertz CT molecular complexity index is 516. The minimum Gasteiger partial charge on any atom is -0.445 e. The predicted molar refractivity (Wildman–Crippen MR) is 76.3 cm³/mol. The zero-order chi connectivity index (χ0) is 15.1. The van der Waals surface area contributed by atoms with Crippen LogP contribution in [-0.4, -0.2) is 29.4 Å². The van der Waals surface area contributed by atoms with Gasteiger partial charge in [0.2, 0.25) is 0 Å². The first-order valence-electron chi connectivity index (χ1n) is 6.88. The van der Waals surface area contributed by atoms with E-state index in [-0.39, 0.29) is 12.6 Å². The zero-order valence-corrected chi connectivity index (χ0v) is 11.6. The lowest BCUT2D eigenvalue weighted by Crippen LogP contribution is -2.44. The minimum atomic E-state index is -0.640. The first kappa shape index (κ1) is 15.2. The number of benzene rings is 1. The van der Waals surface area contributed by atoms with E-state index in [1.165, 1.54) is 0 Å². The van der Waals surface area contributed by atoms with Crippen molar-refractivity contribution in [2.45, 2.75) is 44.1 Å². The molecule has 2 rings (SSSR count). The van der Waals surface area contributed by atoms with E-state index >= 15 is 0 Å². The predicted octanol–water partition coefficient (Wildman–Crippen LogP) is 2.51. The summed E-state index contributed by atoms with van der Waals surface area (Å²) < 4.78 is 5.14. The molecule has 2 N–H and O–H groups in total. The van der Waals surface area contributed by atoms with Crippen LogP contribution in [0.15, 0.2) is 35.4 Å². The van der Waals surface area contributed by atoms with Gasteiger partial charge in [-0.25, -0.2) is 4.79 Å². The second-order valence-corrected chi connectivity index (χ2v) is 5.06. The van der Waals surface area contributed by atoms with Crippen LogP contribution in [0, 0.1) is 0 Å². The van der Waals surface area contributed by atoms with Gasteiger partial charge in [-0.15, -0.1) is 0 Å². The van der Waals surface area contributed by atoms with Gasteiger partial charge in [0.15, 0.2) is 0 Å². The molecule has 0 saturated heterocycles. The molecule has 21 heavy (non-hydrogen) atoms. The van der Waals surface area contributed by atoms with Crippen LogP contribution in [-0.2, 0) is 11.3 Å². The molecule has 1 saturated carbocycles. The van der Waals surface area contributed by atoms with Crippen molar-refractivity contribution < 1.29 is 14.6 Å². The van der Waals surface area contributed by atoms with E-state index in [2.05, 4.69) is 15.3 Å². The Morgan fingerprint density at radius 3 is 2.90 bits per heavy atom. The number of alkyl carbamates (subject to hydrolysis) is 1. The van der Waals surface area contributed by atoms with Crippen LogP contribution in [0.5, 0.6) is 0 Å². The highest BCUT2D eigenvalue weighted by atomic mass is 16.5. The third-order valence-corrected chi connectivity index (χ3v) is 3.52. The van der Waals surface area contributed by atoms with Crippen LogP contribution < -0.4 is 5.32 Å². The van der Waals surface area contributed by atoms with Crippen LogP contribution in [0.1, 0.15) is 24.8 Å². The quantitative estimate of drug-likeness (QED) is 0.505. The maximum atomic E-state index is 11.7. The lowest BCUT2D eigenvalue weighted by atomic mass is 9.89. The first-order chi connectivity index (χ1) is 10.2. The molecule has 1 aliphatic carbocycles. The Morgan fingerprint density at radius 2 is 2.19 bits per heavy atom. The highest BCUT2D eigenvalue weighted by Gasteiger charge is 2.29. The number of aliphatic hydroxyl groups excluding tert-OH is 1. The summed E-state index contributed by atoms with van der Waals surface area (Å²) in [6.07, 6.45) is 0.414. The molecule has 1 aliphatic rings. The number of nitrogens with one attached hydrogen (secondary N) is 1. The van der Waals surface area contributed by atoms with Crippen molar-refractivity contribution in [3.05, 3.63) is 46.3 Å². The summed E-state index contributed by atoms with van der Waals surface area (Å²) in [4.78, 5) is 14.5. The summed E-state index contributed by atoms with van der Waals surface area (Å²) in [6, 6.07) is 8.76. The average molecular weight is 290 g/mol. The third-order valence-electron chi connectivity index (χ3n) is 3.52. The average Bonchev–Trinajstić information content (AvgIpc) is 2.50. The number of azide groups is 1.